The van der Waals surface area contributed by atoms with Crippen LogP contribution >= 0.6 is 0 Å². The second-order valence-corrected chi connectivity index (χ2v) is 10.9. The number of rotatable bonds is 5. The molecule has 2 fully saturated rings. The molecule has 2 saturated heterocycles. The lowest BCUT2D eigenvalue weighted by Gasteiger charge is -2.20. The zero-order chi connectivity index (χ0) is 21.8. The van der Waals surface area contributed by atoms with Crippen LogP contribution in [0.4, 0.5) is 5.95 Å². The first-order valence-electron chi connectivity index (χ1n) is 10.6. The molecule has 2 unspecified atom stereocenters. The molecule has 164 valence electrons. The van der Waals surface area contributed by atoms with Crippen LogP contribution in [0.15, 0.2) is 30.9 Å². The van der Waals surface area contributed by atoms with E-state index < -0.39 is 10.0 Å². The first kappa shape index (κ1) is 20.3. The first-order chi connectivity index (χ1) is 14.8. The van der Waals surface area contributed by atoms with E-state index >= 15 is 0 Å². The Morgan fingerprint density at radius 3 is 2.48 bits per heavy atom. The van der Waals surface area contributed by atoms with Crippen LogP contribution < -0.4 is 4.90 Å². The van der Waals surface area contributed by atoms with Crippen molar-refractivity contribution in [2.24, 2.45) is 11.8 Å². The maximum absolute atomic E-state index is 11.8. The molecule has 2 aliphatic rings. The first-order valence-corrected chi connectivity index (χ1v) is 12.5. The third-order valence-corrected chi connectivity index (χ3v) is 7.58. The number of nitrogens with zero attached hydrogens (tertiary/aromatic N) is 7. The summed E-state index contributed by atoms with van der Waals surface area (Å²) >= 11 is 0. The van der Waals surface area contributed by atoms with E-state index in [0.29, 0.717) is 43.3 Å². The minimum absolute atomic E-state index is 0.333. The van der Waals surface area contributed by atoms with E-state index in [9.17, 15) is 8.42 Å². The minimum atomic E-state index is -3.12. The van der Waals surface area contributed by atoms with Gasteiger partial charge in [0.25, 0.3) is 0 Å². The second kappa shape index (κ2) is 7.52. The lowest BCUT2D eigenvalue weighted by atomic mass is 10.0. The molecule has 10 heteroatoms. The number of fused-ring (bicyclic) bond motifs is 2. The highest BCUT2D eigenvalue weighted by Gasteiger charge is 2.43. The van der Waals surface area contributed by atoms with Crippen molar-refractivity contribution < 1.29 is 8.42 Å². The average molecular weight is 442 g/mol. The van der Waals surface area contributed by atoms with Crippen molar-refractivity contribution >= 4 is 27.0 Å². The second-order valence-electron chi connectivity index (χ2n) is 8.94. The Labute approximate surface area is 182 Å². The molecule has 0 bridgehead atoms. The molecule has 31 heavy (non-hydrogen) atoms. The molecule has 0 aromatic carbocycles. The van der Waals surface area contributed by atoms with Gasteiger partial charge in [0.2, 0.25) is 16.0 Å². The zero-order valence-corrected chi connectivity index (χ0v) is 18.8. The topological polar surface area (TPSA) is 97.1 Å². The Morgan fingerprint density at radius 2 is 1.81 bits per heavy atom. The Balaban J connectivity index is 1.32. The van der Waals surface area contributed by atoms with E-state index in [-0.39, 0.29) is 0 Å². The standard InChI is InChI=1S/C21H27N7O2S/c1-14(2)28-13-24-19-8-23-18(7-20(19)28)6-17-4-5-22-21(25-17)26-9-15-11-27(31(3,29)30)12-16(15)10-26/h4-5,7-8,13-16H,6,9-12H2,1-3H3. The fourth-order valence-corrected chi connectivity index (χ4v) is 5.61. The van der Waals surface area contributed by atoms with Gasteiger partial charge in [-0.25, -0.2) is 27.7 Å². The molecule has 0 amide bonds. The highest BCUT2D eigenvalue weighted by Crippen LogP contribution is 2.33. The van der Waals surface area contributed by atoms with Crippen LogP contribution in [0, 0.1) is 11.8 Å². The molecule has 3 aromatic heterocycles. The Kier molecular flexibility index (Phi) is 4.93. The van der Waals surface area contributed by atoms with Crippen LogP contribution in [0.3, 0.4) is 0 Å². The summed E-state index contributed by atoms with van der Waals surface area (Å²) in [5.41, 5.74) is 3.84. The number of aromatic nitrogens is 5. The van der Waals surface area contributed by atoms with Crippen molar-refractivity contribution in [3.05, 3.63) is 42.2 Å². The van der Waals surface area contributed by atoms with Gasteiger partial charge in [0.1, 0.15) is 5.52 Å². The van der Waals surface area contributed by atoms with Crippen LogP contribution in [0.1, 0.15) is 31.3 Å². The molecule has 9 nitrogen and oxygen atoms in total. The SMILES string of the molecule is CC(C)n1cnc2cnc(Cc3ccnc(N4CC5CN(S(C)(=O)=O)CC5C4)n3)cc21. The summed E-state index contributed by atoms with van der Waals surface area (Å²) in [6, 6.07) is 4.35. The summed E-state index contributed by atoms with van der Waals surface area (Å²) in [5, 5.41) is 0. The lowest BCUT2D eigenvalue weighted by Crippen LogP contribution is -2.33. The van der Waals surface area contributed by atoms with Crippen molar-refractivity contribution in [1.29, 1.82) is 0 Å². The van der Waals surface area contributed by atoms with Gasteiger partial charge in [-0.1, -0.05) is 0 Å². The summed E-state index contributed by atoms with van der Waals surface area (Å²) in [7, 11) is -3.12. The smallest absolute Gasteiger partial charge is 0.225 e. The lowest BCUT2D eigenvalue weighted by molar-refractivity contribution is 0.457. The van der Waals surface area contributed by atoms with E-state index in [0.717, 1.165) is 35.5 Å². The van der Waals surface area contributed by atoms with Crippen molar-refractivity contribution in [2.45, 2.75) is 26.3 Å². The molecule has 0 saturated carbocycles. The van der Waals surface area contributed by atoms with E-state index in [2.05, 4.69) is 44.3 Å². The third kappa shape index (κ3) is 3.89. The van der Waals surface area contributed by atoms with Gasteiger partial charge in [-0.05, 0) is 37.8 Å². The normalized spacial score (nSPS) is 22.0. The zero-order valence-electron chi connectivity index (χ0n) is 18.0. The van der Waals surface area contributed by atoms with E-state index in [1.165, 1.54) is 6.26 Å². The van der Waals surface area contributed by atoms with Crippen molar-refractivity contribution in [3.63, 3.8) is 0 Å². The highest BCUT2D eigenvalue weighted by atomic mass is 32.2. The summed E-state index contributed by atoms with van der Waals surface area (Å²) in [6.07, 6.45) is 7.39. The van der Waals surface area contributed by atoms with Crippen LogP contribution in [-0.2, 0) is 16.4 Å². The van der Waals surface area contributed by atoms with Crippen molar-refractivity contribution in [2.75, 3.05) is 37.3 Å². The number of pyridine rings is 1. The number of hydrogen-bond donors (Lipinski definition) is 0. The van der Waals surface area contributed by atoms with Gasteiger partial charge in [0.05, 0.1) is 30.0 Å². The molecule has 0 N–H and O–H groups in total. The molecule has 2 atom stereocenters. The summed E-state index contributed by atoms with van der Waals surface area (Å²) < 4.78 is 27.4. The molecule has 0 radical (unpaired) electrons. The number of hydrogen-bond acceptors (Lipinski definition) is 7. The summed E-state index contributed by atoms with van der Waals surface area (Å²) in [5.74, 6) is 1.39. The predicted octanol–water partition coefficient (Wildman–Crippen LogP) is 1.72. The number of anilines is 1. The fourth-order valence-electron chi connectivity index (χ4n) is 4.69. The quantitative estimate of drug-likeness (QED) is 0.595. The largest absolute Gasteiger partial charge is 0.340 e. The van der Waals surface area contributed by atoms with Crippen molar-refractivity contribution in [3.8, 4) is 0 Å². The third-order valence-electron chi connectivity index (χ3n) is 6.34. The fraction of sp³-hybridized carbons (Fsp3) is 0.524. The average Bonchev–Trinajstić information content (AvgIpc) is 3.40. The summed E-state index contributed by atoms with van der Waals surface area (Å²) in [6.45, 7) is 7.03. The number of imidazole rings is 1. The molecule has 0 aliphatic carbocycles. The molecule has 5 rings (SSSR count). The van der Waals surface area contributed by atoms with Crippen molar-refractivity contribution in [1.82, 2.24) is 28.8 Å². The summed E-state index contributed by atoms with van der Waals surface area (Å²) in [4.78, 5) is 20.5. The molecule has 3 aromatic rings. The van der Waals surface area contributed by atoms with E-state index in [1.54, 1.807) is 10.5 Å². The van der Waals surface area contributed by atoms with Gasteiger partial charge < -0.3 is 9.47 Å². The Hall–Kier alpha value is -2.59. The molecule has 0 spiro atoms. The predicted molar refractivity (Wildman–Crippen MR) is 118 cm³/mol. The van der Waals surface area contributed by atoms with E-state index in [1.807, 2.05) is 18.6 Å². The Bertz CT molecular complexity index is 1210. The van der Waals surface area contributed by atoms with Gasteiger partial charge in [-0.3, -0.25) is 4.98 Å². The molecular weight excluding hydrogens is 414 g/mol. The Morgan fingerprint density at radius 1 is 1.06 bits per heavy atom. The van der Waals surface area contributed by atoms with Gasteiger partial charge in [-0.15, -0.1) is 0 Å². The monoisotopic (exact) mass is 441 g/mol. The maximum Gasteiger partial charge on any atom is 0.225 e. The molecule has 2 aliphatic heterocycles. The van der Waals surface area contributed by atoms with Gasteiger partial charge >= 0.3 is 0 Å². The highest BCUT2D eigenvalue weighted by molar-refractivity contribution is 7.88. The van der Waals surface area contributed by atoms with Gasteiger partial charge in [-0.2, -0.15) is 0 Å². The van der Waals surface area contributed by atoms with Gasteiger partial charge in [0.15, 0.2) is 0 Å². The number of sulfonamides is 1. The molecular formula is C21H27N7O2S. The van der Waals surface area contributed by atoms with Gasteiger partial charge in [0, 0.05) is 50.5 Å². The van der Waals surface area contributed by atoms with E-state index in [4.69, 9.17) is 4.98 Å². The van der Waals surface area contributed by atoms with Crippen LogP contribution in [0.2, 0.25) is 0 Å². The minimum Gasteiger partial charge on any atom is -0.340 e. The maximum atomic E-state index is 11.8. The molecule has 5 heterocycles. The van der Waals surface area contributed by atoms with Crippen LogP contribution in [0.5, 0.6) is 0 Å². The van der Waals surface area contributed by atoms with Crippen LogP contribution in [0.25, 0.3) is 11.0 Å². The van der Waals surface area contributed by atoms with Crippen LogP contribution in [-0.4, -0.2) is 69.7 Å².